The third-order valence-electron chi connectivity index (χ3n) is 12.5. The first-order valence-electron chi connectivity index (χ1n) is 20.3. The van der Waals surface area contributed by atoms with E-state index in [-0.39, 0.29) is 0 Å². The highest BCUT2D eigenvalue weighted by atomic mass is 32.1. The number of hydrogen-bond donors (Lipinski definition) is 1. The molecule has 280 valence electrons. The average molecular weight is 786 g/mol. The Morgan fingerprint density at radius 2 is 1.08 bits per heavy atom. The zero-order chi connectivity index (χ0) is 39.1. The number of nitrogens with zero attached hydrogens (tertiary/aromatic N) is 4. The second-order valence-electron chi connectivity index (χ2n) is 15.8. The van der Waals surface area contributed by atoms with Crippen molar-refractivity contribution < 1.29 is 4.42 Å². The smallest absolute Gasteiger partial charge is 0.235 e. The van der Waals surface area contributed by atoms with E-state index < -0.39 is 6.29 Å². The lowest BCUT2D eigenvalue weighted by Crippen LogP contribution is -2.37. The molecule has 7 heteroatoms. The third kappa shape index (κ3) is 4.41. The molecule has 0 fully saturated rings. The maximum absolute atomic E-state index is 6.71. The van der Waals surface area contributed by atoms with Gasteiger partial charge in [-0.15, -0.1) is 11.3 Å². The van der Waals surface area contributed by atoms with Gasteiger partial charge >= 0.3 is 0 Å². The van der Waals surface area contributed by atoms with Crippen LogP contribution in [0, 0.1) is 0 Å². The quantitative estimate of drug-likeness (QED) is 0.190. The van der Waals surface area contributed by atoms with Crippen LogP contribution in [0.2, 0.25) is 0 Å². The molecule has 6 nitrogen and oxygen atoms in total. The minimum absolute atomic E-state index is 0.547. The summed E-state index contributed by atoms with van der Waals surface area (Å²) in [5.74, 6) is 1.38. The number of fused-ring (bicyclic) bond motifs is 15. The Hall–Kier alpha value is -7.74. The molecule has 0 spiro atoms. The Balaban J connectivity index is 1.11. The molecule has 0 saturated heterocycles. The first-order chi connectivity index (χ1) is 29.7. The van der Waals surface area contributed by atoms with E-state index in [9.17, 15) is 0 Å². The van der Waals surface area contributed by atoms with Gasteiger partial charge in [0, 0.05) is 53.4 Å². The van der Waals surface area contributed by atoms with Gasteiger partial charge < -0.3 is 14.3 Å². The molecule has 0 amide bonds. The number of aliphatic imine (C=N–C) groups is 2. The van der Waals surface area contributed by atoms with E-state index in [0.717, 1.165) is 70.9 Å². The molecule has 0 aliphatic carbocycles. The number of rotatable bonds is 2. The summed E-state index contributed by atoms with van der Waals surface area (Å²) >= 11 is 1.78. The molecule has 0 saturated carbocycles. The lowest BCUT2D eigenvalue weighted by atomic mass is 10.0. The normalized spacial score (nSPS) is 14.8. The lowest BCUT2D eigenvalue weighted by molar-refractivity contribution is 0.513. The van der Waals surface area contributed by atoms with Crippen LogP contribution in [-0.2, 0) is 0 Å². The second kappa shape index (κ2) is 11.9. The van der Waals surface area contributed by atoms with Crippen LogP contribution in [0.5, 0.6) is 0 Å². The van der Waals surface area contributed by atoms with Crippen LogP contribution in [0.1, 0.15) is 11.9 Å². The van der Waals surface area contributed by atoms with Gasteiger partial charge in [-0.1, -0.05) is 121 Å². The molecule has 5 heterocycles. The second-order valence-corrected chi connectivity index (χ2v) is 16.8. The maximum atomic E-state index is 6.71. The van der Waals surface area contributed by atoms with Crippen molar-refractivity contribution in [2.75, 3.05) is 0 Å². The summed E-state index contributed by atoms with van der Waals surface area (Å²) in [4.78, 5) is 11.3. The monoisotopic (exact) mass is 785 g/mol. The van der Waals surface area contributed by atoms with Gasteiger partial charge in [0.05, 0.1) is 26.8 Å². The molecule has 60 heavy (non-hydrogen) atoms. The van der Waals surface area contributed by atoms with E-state index in [2.05, 4.69) is 184 Å². The maximum Gasteiger partial charge on any atom is 0.235 e. The Morgan fingerprint density at radius 1 is 0.500 bits per heavy atom. The minimum Gasteiger partial charge on any atom is -0.455 e. The highest BCUT2D eigenvalue weighted by Gasteiger charge is 2.29. The number of benzene rings is 9. The Labute approximate surface area is 345 Å². The van der Waals surface area contributed by atoms with Crippen molar-refractivity contribution in [2.45, 2.75) is 6.29 Å². The third-order valence-corrected chi connectivity index (χ3v) is 13.7. The number of para-hydroxylation sites is 3. The highest BCUT2D eigenvalue weighted by Crippen LogP contribution is 2.45. The molecule has 1 aliphatic rings. The summed E-state index contributed by atoms with van der Waals surface area (Å²) < 4.78 is 13.7. The van der Waals surface area contributed by atoms with Crippen molar-refractivity contribution in [3.63, 3.8) is 0 Å². The van der Waals surface area contributed by atoms with E-state index in [4.69, 9.17) is 14.4 Å². The van der Waals surface area contributed by atoms with E-state index in [1.54, 1.807) is 11.3 Å². The van der Waals surface area contributed by atoms with Crippen molar-refractivity contribution >= 4 is 130 Å². The molecule has 1 unspecified atom stereocenters. The summed E-state index contributed by atoms with van der Waals surface area (Å²) in [6.07, 6.45) is -0.547. The number of hydrogen-bond acceptors (Lipinski definition) is 5. The van der Waals surface area contributed by atoms with E-state index in [1.165, 1.54) is 47.8 Å². The van der Waals surface area contributed by atoms with Crippen LogP contribution in [0.15, 0.2) is 190 Å². The molecule has 1 N–H and O–H groups in total. The number of amidine groups is 1. The van der Waals surface area contributed by atoms with Crippen LogP contribution in [0.25, 0.3) is 107 Å². The molecule has 1 aliphatic heterocycles. The molecule has 13 aromatic rings. The SMILES string of the molecule is c1ccc2cc3c(cc2c1)c1ccccc1n3C1=NC(n2c3ccccc3c3cc4ccccc4cc32)NC(c2cc3c4ccccc4oc3c3c2sc2ccccc23)=N1. The molecular formula is C53H31N5OS. The van der Waals surface area contributed by atoms with Crippen molar-refractivity contribution in [3.05, 3.63) is 181 Å². The van der Waals surface area contributed by atoms with Crippen LogP contribution in [0.4, 0.5) is 0 Å². The number of aromatic nitrogens is 2. The molecule has 9 aromatic carbocycles. The highest BCUT2D eigenvalue weighted by molar-refractivity contribution is 7.26. The zero-order valence-corrected chi connectivity index (χ0v) is 32.7. The van der Waals surface area contributed by atoms with Gasteiger partial charge in [0.15, 0.2) is 0 Å². The van der Waals surface area contributed by atoms with Gasteiger partial charge in [-0.3, -0.25) is 4.57 Å². The van der Waals surface area contributed by atoms with Gasteiger partial charge in [0.1, 0.15) is 17.0 Å². The largest absolute Gasteiger partial charge is 0.455 e. The van der Waals surface area contributed by atoms with Gasteiger partial charge in [-0.2, -0.15) is 4.99 Å². The molecular weight excluding hydrogens is 755 g/mol. The number of thiophene rings is 1. The predicted molar refractivity (Wildman–Crippen MR) is 252 cm³/mol. The zero-order valence-electron chi connectivity index (χ0n) is 31.9. The van der Waals surface area contributed by atoms with Crippen molar-refractivity contribution in [1.29, 1.82) is 0 Å². The average Bonchev–Trinajstić information content (AvgIpc) is 4.04. The first-order valence-corrected chi connectivity index (χ1v) is 21.1. The van der Waals surface area contributed by atoms with E-state index in [0.29, 0.717) is 5.96 Å². The van der Waals surface area contributed by atoms with Crippen LogP contribution >= 0.6 is 11.3 Å². The summed E-state index contributed by atoms with van der Waals surface area (Å²) in [6.45, 7) is 0. The van der Waals surface area contributed by atoms with Gasteiger partial charge in [0.2, 0.25) is 12.2 Å². The predicted octanol–water partition coefficient (Wildman–Crippen LogP) is 13.9. The van der Waals surface area contributed by atoms with E-state index >= 15 is 0 Å². The van der Waals surface area contributed by atoms with Crippen LogP contribution in [0.3, 0.4) is 0 Å². The summed E-state index contributed by atoms with van der Waals surface area (Å²) in [5.41, 5.74) is 7.11. The van der Waals surface area contributed by atoms with Gasteiger partial charge in [-0.05, 0) is 76.1 Å². The Kier molecular flexibility index (Phi) is 6.40. The molecule has 1 atom stereocenters. The molecule has 14 rings (SSSR count). The van der Waals surface area contributed by atoms with Crippen LogP contribution in [-0.4, -0.2) is 20.9 Å². The standard InChI is InChI=1S/C53H31N5OS/c1-3-15-32-27-44-38(25-30(32)13-1)34-17-5-9-21-42(34)57(44)52-54-51(41-29-40-36-19-7-11-23-46(36)59-49(40)48-37-20-8-12-24-47(37)60-50(41)48)55-53(56-52)58-43-22-10-6-18-35(43)39-26-31-14-2-4-16-33(31)28-45(39)58/h1-29,52H,(H,54,55,56). The van der Waals surface area contributed by atoms with Gasteiger partial charge in [0.25, 0.3) is 0 Å². The molecule has 0 bridgehead atoms. The fraction of sp³-hybridized carbons (Fsp3) is 0.0189. The summed E-state index contributed by atoms with van der Waals surface area (Å²) in [5, 5.41) is 17.8. The number of nitrogens with one attached hydrogen (secondary N) is 1. The molecule has 0 radical (unpaired) electrons. The Bertz CT molecular complexity index is 4070. The van der Waals surface area contributed by atoms with E-state index in [1.807, 2.05) is 6.07 Å². The minimum atomic E-state index is -0.547. The fourth-order valence-corrected chi connectivity index (χ4v) is 11.1. The lowest BCUT2D eigenvalue weighted by Gasteiger charge is -2.26. The fourth-order valence-electron chi connectivity index (χ4n) is 9.85. The Morgan fingerprint density at radius 3 is 1.85 bits per heavy atom. The number of furan rings is 1. The van der Waals surface area contributed by atoms with Gasteiger partial charge in [-0.25, -0.2) is 4.99 Å². The van der Waals surface area contributed by atoms with Crippen molar-refractivity contribution in [3.8, 4) is 0 Å². The summed E-state index contributed by atoms with van der Waals surface area (Å²) in [6, 6.07) is 63.0. The first kappa shape index (κ1) is 32.2. The topological polar surface area (TPSA) is 59.8 Å². The summed E-state index contributed by atoms with van der Waals surface area (Å²) in [7, 11) is 0. The molecule has 4 aromatic heterocycles. The van der Waals surface area contributed by atoms with Crippen molar-refractivity contribution in [2.24, 2.45) is 9.98 Å². The van der Waals surface area contributed by atoms with Crippen LogP contribution < -0.4 is 5.32 Å². The van der Waals surface area contributed by atoms with Crippen molar-refractivity contribution in [1.82, 2.24) is 14.5 Å².